The van der Waals surface area contributed by atoms with Gasteiger partial charge in [-0.3, -0.25) is 9.59 Å². The molecule has 0 unspecified atom stereocenters. The average Bonchev–Trinajstić information content (AvgIpc) is 2.92. The molecule has 150 valence electrons. The summed E-state index contributed by atoms with van der Waals surface area (Å²) in [5, 5.41) is 3.13. The Kier molecular flexibility index (Phi) is 4.96. The number of carbonyl (C=O) groups excluding carboxylic acids is 2. The SMILES string of the molecule is Cc1cccc(NC2=C(c3ccc(F)cc3)C(=O)N(c3cc(C)cc(C)c3)C2=O)c1. The maximum atomic E-state index is 13.5. The van der Waals surface area contributed by atoms with E-state index in [-0.39, 0.29) is 11.3 Å². The highest BCUT2D eigenvalue weighted by atomic mass is 19.1. The van der Waals surface area contributed by atoms with Gasteiger partial charge in [-0.1, -0.05) is 30.3 Å². The normalized spacial score (nSPS) is 13.9. The number of nitrogens with one attached hydrogen (secondary N) is 1. The number of halogens is 1. The van der Waals surface area contributed by atoms with E-state index < -0.39 is 17.6 Å². The van der Waals surface area contributed by atoms with Gasteiger partial charge in [0.05, 0.1) is 11.3 Å². The number of rotatable bonds is 4. The standard InChI is InChI=1S/C25H21FN2O2/c1-15-5-4-6-20(12-15)27-23-22(18-7-9-19(26)10-8-18)24(29)28(25(23)30)21-13-16(2)11-17(3)14-21/h4-14,27H,1-3H3. The van der Waals surface area contributed by atoms with Crippen LogP contribution in [0.4, 0.5) is 15.8 Å². The topological polar surface area (TPSA) is 49.4 Å². The van der Waals surface area contributed by atoms with E-state index in [9.17, 15) is 14.0 Å². The summed E-state index contributed by atoms with van der Waals surface area (Å²) in [6, 6.07) is 18.7. The Balaban J connectivity index is 1.84. The molecule has 4 nitrogen and oxygen atoms in total. The Hall–Kier alpha value is -3.73. The first-order chi connectivity index (χ1) is 14.3. The van der Waals surface area contributed by atoms with Gasteiger partial charge in [0.1, 0.15) is 11.5 Å². The fourth-order valence-electron chi connectivity index (χ4n) is 3.71. The number of imide groups is 1. The van der Waals surface area contributed by atoms with Crippen molar-refractivity contribution in [3.63, 3.8) is 0 Å². The van der Waals surface area contributed by atoms with Gasteiger partial charge in [-0.2, -0.15) is 0 Å². The van der Waals surface area contributed by atoms with Gasteiger partial charge in [-0.25, -0.2) is 9.29 Å². The number of hydrogen-bond acceptors (Lipinski definition) is 3. The van der Waals surface area contributed by atoms with Gasteiger partial charge in [-0.15, -0.1) is 0 Å². The number of aryl methyl sites for hydroxylation is 3. The van der Waals surface area contributed by atoms with Crippen molar-refractivity contribution in [3.8, 4) is 0 Å². The third-order valence-electron chi connectivity index (χ3n) is 4.97. The van der Waals surface area contributed by atoms with E-state index in [0.29, 0.717) is 16.9 Å². The van der Waals surface area contributed by atoms with Crippen molar-refractivity contribution in [2.24, 2.45) is 0 Å². The van der Waals surface area contributed by atoms with Gasteiger partial charge >= 0.3 is 0 Å². The van der Waals surface area contributed by atoms with Crippen molar-refractivity contribution in [3.05, 3.63) is 100 Å². The van der Waals surface area contributed by atoms with E-state index in [2.05, 4.69) is 5.32 Å². The Labute approximate surface area is 174 Å². The number of amides is 2. The number of carbonyl (C=O) groups is 2. The van der Waals surface area contributed by atoms with Crippen LogP contribution in [-0.2, 0) is 9.59 Å². The number of nitrogens with zero attached hydrogens (tertiary/aromatic N) is 1. The summed E-state index contributed by atoms with van der Waals surface area (Å²) in [6.07, 6.45) is 0. The molecule has 3 aromatic carbocycles. The molecule has 1 aliphatic rings. The monoisotopic (exact) mass is 400 g/mol. The summed E-state index contributed by atoms with van der Waals surface area (Å²) in [5.41, 5.74) is 5.03. The van der Waals surface area contributed by atoms with Crippen LogP contribution in [0.1, 0.15) is 22.3 Å². The minimum atomic E-state index is -0.439. The molecule has 1 heterocycles. The maximum Gasteiger partial charge on any atom is 0.282 e. The smallest absolute Gasteiger partial charge is 0.282 e. The molecule has 0 bridgehead atoms. The summed E-state index contributed by atoms with van der Waals surface area (Å²) in [7, 11) is 0. The fraction of sp³-hybridized carbons (Fsp3) is 0.120. The summed E-state index contributed by atoms with van der Waals surface area (Å²) in [4.78, 5) is 28.0. The fourth-order valence-corrected chi connectivity index (χ4v) is 3.71. The second-order valence-electron chi connectivity index (χ2n) is 7.54. The van der Waals surface area contributed by atoms with Crippen molar-refractivity contribution in [1.82, 2.24) is 0 Å². The number of benzene rings is 3. The highest BCUT2D eigenvalue weighted by Crippen LogP contribution is 2.34. The van der Waals surface area contributed by atoms with Gasteiger partial charge < -0.3 is 5.32 Å². The zero-order valence-electron chi connectivity index (χ0n) is 17.0. The van der Waals surface area contributed by atoms with Crippen molar-refractivity contribution in [2.75, 3.05) is 10.2 Å². The van der Waals surface area contributed by atoms with Crippen LogP contribution in [0.2, 0.25) is 0 Å². The Morgan fingerprint density at radius 1 is 0.767 bits per heavy atom. The summed E-state index contributed by atoms with van der Waals surface area (Å²) >= 11 is 0. The van der Waals surface area contributed by atoms with Crippen molar-refractivity contribution < 1.29 is 14.0 Å². The second-order valence-corrected chi connectivity index (χ2v) is 7.54. The third kappa shape index (κ3) is 3.62. The first-order valence-corrected chi connectivity index (χ1v) is 9.64. The van der Waals surface area contributed by atoms with Crippen LogP contribution in [0.15, 0.2) is 72.4 Å². The first-order valence-electron chi connectivity index (χ1n) is 9.64. The molecule has 3 aromatic rings. The molecule has 1 N–H and O–H groups in total. The molecule has 0 saturated heterocycles. The number of anilines is 2. The van der Waals surface area contributed by atoms with Crippen LogP contribution < -0.4 is 10.2 Å². The lowest BCUT2D eigenvalue weighted by Gasteiger charge is -2.17. The highest BCUT2D eigenvalue weighted by molar-refractivity contribution is 6.46. The predicted octanol–water partition coefficient (Wildman–Crippen LogP) is 5.15. The summed E-state index contributed by atoms with van der Waals surface area (Å²) in [5.74, 6) is -1.28. The quantitative estimate of drug-likeness (QED) is 0.617. The largest absolute Gasteiger partial charge is 0.350 e. The number of hydrogen-bond donors (Lipinski definition) is 1. The van der Waals surface area contributed by atoms with E-state index in [1.807, 2.05) is 51.1 Å². The lowest BCUT2D eigenvalue weighted by Crippen LogP contribution is -2.32. The third-order valence-corrected chi connectivity index (χ3v) is 4.97. The van der Waals surface area contributed by atoms with Crippen LogP contribution in [0.25, 0.3) is 5.57 Å². The summed E-state index contributed by atoms with van der Waals surface area (Å²) < 4.78 is 13.5. The average molecular weight is 400 g/mol. The van der Waals surface area contributed by atoms with Gasteiger partial charge in [0.2, 0.25) is 0 Å². The zero-order valence-corrected chi connectivity index (χ0v) is 17.0. The van der Waals surface area contributed by atoms with E-state index in [1.165, 1.54) is 29.2 Å². The minimum Gasteiger partial charge on any atom is -0.350 e. The Morgan fingerprint density at radius 3 is 2.07 bits per heavy atom. The van der Waals surface area contributed by atoms with E-state index >= 15 is 0 Å². The van der Waals surface area contributed by atoms with E-state index in [1.54, 1.807) is 12.1 Å². The maximum absolute atomic E-state index is 13.5. The lowest BCUT2D eigenvalue weighted by atomic mass is 10.0. The Morgan fingerprint density at radius 2 is 1.43 bits per heavy atom. The molecule has 1 aliphatic heterocycles. The molecule has 4 rings (SSSR count). The Bertz CT molecular complexity index is 1180. The van der Waals surface area contributed by atoms with Crippen molar-refractivity contribution in [2.45, 2.75) is 20.8 Å². The molecule has 0 spiro atoms. The van der Waals surface area contributed by atoms with Crippen LogP contribution >= 0.6 is 0 Å². The minimum absolute atomic E-state index is 0.177. The van der Waals surface area contributed by atoms with Gasteiger partial charge in [0.15, 0.2) is 0 Å². The van der Waals surface area contributed by atoms with Gasteiger partial charge in [0.25, 0.3) is 11.8 Å². The summed E-state index contributed by atoms with van der Waals surface area (Å²) in [6.45, 7) is 5.79. The molecule has 30 heavy (non-hydrogen) atoms. The molecule has 0 aliphatic carbocycles. The lowest BCUT2D eigenvalue weighted by molar-refractivity contribution is -0.120. The predicted molar refractivity (Wildman–Crippen MR) is 117 cm³/mol. The van der Waals surface area contributed by atoms with Crippen LogP contribution in [-0.4, -0.2) is 11.8 Å². The van der Waals surface area contributed by atoms with Crippen LogP contribution in [0.3, 0.4) is 0 Å². The molecule has 0 radical (unpaired) electrons. The second kappa shape index (κ2) is 7.59. The molecule has 0 atom stereocenters. The van der Waals surface area contributed by atoms with Crippen molar-refractivity contribution >= 4 is 28.8 Å². The van der Waals surface area contributed by atoms with Crippen LogP contribution in [0.5, 0.6) is 0 Å². The molecule has 0 fully saturated rings. The van der Waals surface area contributed by atoms with E-state index in [0.717, 1.165) is 16.7 Å². The zero-order chi connectivity index (χ0) is 21.4. The molecule has 0 saturated carbocycles. The molecule has 2 amide bonds. The van der Waals surface area contributed by atoms with Crippen molar-refractivity contribution in [1.29, 1.82) is 0 Å². The molecule has 5 heteroatoms. The molecular formula is C25H21FN2O2. The van der Waals surface area contributed by atoms with E-state index in [4.69, 9.17) is 0 Å². The van der Waals surface area contributed by atoms with Gasteiger partial charge in [-0.05, 0) is 79.4 Å². The highest BCUT2D eigenvalue weighted by Gasteiger charge is 2.40. The molecular weight excluding hydrogens is 379 g/mol. The van der Waals surface area contributed by atoms with Gasteiger partial charge in [0, 0.05) is 5.69 Å². The first kappa shape index (κ1) is 19.6. The van der Waals surface area contributed by atoms with Crippen LogP contribution in [0, 0.1) is 26.6 Å². The molecule has 0 aromatic heterocycles.